The first-order chi connectivity index (χ1) is 10.3. The van der Waals surface area contributed by atoms with E-state index < -0.39 is 0 Å². The van der Waals surface area contributed by atoms with Gasteiger partial charge in [-0.15, -0.1) is 17.9 Å². The molecule has 2 heterocycles. The minimum absolute atomic E-state index is 0.0245. The Bertz CT molecular complexity index is 448. The Hall–Kier alpha value is -0.680. The van der Waals surface area contributed by atoms with Gasteiger partial charge >= 0.3 is 0 Å². The number of hydrogen-bond donors (Lipinski definition) is 0. The van der Waals surface area contributed by atoms with Crippen molar-refractivity contribution in [3.8, 4) is 0 Å². The SMILES string of the molecule is C=CCOC[C@@H]1CCC[C@@]12CN(Cc1cccs1)CCO2. The summed E-state index contributed by atoms with van der Waals surface area (Å²) >= 11 is 1.85. The van der Waals surface area contributed by atoms with E-state index >= 15 is 0 Å². The Kier molecular flexibility index (Phi) is 5.11. The zero-order chi connectivity index (χ0) is 14.5. The number of thiophene rings is 1. The maximum absolute atomic E-state index is 6.28. The molecule has 3 nitrogen and oxygen atoms in total. The summed E-state index contributed by atoms with van der Waals surface area (Å²) in [6, 6.07) is 4.36. The second kappa shape index (κ2) is 7.05. The summed E-state index contributed by atoms with van der Waals surface area (Å²) in [4.78, 5) is 4.01. The Morgan fingerprint density at radius 2 is 2.52 bits per heavy atom. The van der Waals surface area contributed by atoms with E-state index in [0.29, 0.717) is 12.5 Å². The van der Waals surface area contributed by atoms with Gasteiger partial charge in [0.15, 0.2) is 0 Å². The van der Waals surface area contributed by atoms with Gasteiger partial charge < -0.3 is 9.47 Å². The Morgan fingerprint density at radius 1 is 1.57 bits per heavy atom. The molecule has 1 spiro atoms. The standard InChI is InChI=1S/C17H25NO2S/c1-2-9-19-13-15-5-3-7-17(15)14-18(8-10-20-17)12-16-6-4-11-21-16/h2,4,6,11,15H,1,3,5,7-10,12-14H2/t15-,17+/m0/s1. The molecule has 1 saturated carbocycles. The third kappa shape index (κ3) is 3.57. The predicted molar refractivity (Wildman–Crippen MR) is 86.6 cm³/mol. The minimum atomic E-state index is 0.0245. The van der Waals surface area contributed by atoms with Gasteiger partial charge in [0, 0.05) is 30.4 Å². The first-order valence-electron chi connectivity index (χ1n) is 7.90. The van der Waals surface area contributed by atoms with Crippen molar-refractivity contribution in [1.29, 1.82) is 0 Å². The van der Waals surface area contributed by atoms with Crippen LogP contribution in [-0.4, -0.2) is 43.4 Å². The van der Waals surface area contributed by atoms with Gasteiger partial charge in [-0.05, 0) is 24.3 Å². The number of ether oxygens (including phenoxy) is 2. The molecule has 0 amide bonds. The second-order valence-corrected chi connectivity index (χ2v) is 7.15. The zero-order valence-corrected chi connectivity index (χ0v) is 13.4. The van der Waals surface area contributed by atoms with Crippen LogP contribution in [-0.2, 0) is 16.0 Å². The molecule has 1 aliphatic carbocycles. The van der Waals surface area contributed by atoms with Crippen molar-refractivity contribution < 1.29 is 9.47 Å². The van der Waals surface area contributed by atoms with Crippen molar-refractivity contribution in [3.05, 3.63) is 35.0 Å². The highest BCUT2D eigenvalue weighted by molar-refractivity contribution is 7.09. The summed E-state index contributed by atoms with van der Waals surface area (Å²) in [6.45, 7) is 9.17. The first-order valence-corrected chi connectivity index (χ1v) is 8.78. The molecule has 0 unspecified atom stereocenters. The average molecular weight is 307 g/mol. The van der Waals surface area contributed by atoms with Crippen LogP contribution in [0.1, 0.15) is 24.1 Å². The van der Waals surface area contributed by atoms with Crippen LogP contribution in [0, 0.1) is 5.92 Å². The maximum Gasteiger partial charge on any atom is 0.0859 e. The molecule has 0 radical (unpaired) electrons. The summed E-state index contributed by atoms with van der Waals surface area (Å²) < 4.78 is 12.0. The smallest absolute Gasteiger partial charge is 0.0859 e. The van der Waals surface area contributed by atoms with E-state index in [1.165, 1.54) is 24.1 Å². The molecule has 1 saturated heterocycles. The van der Waals surface area contributed by atoms with Crippen LogP contribution in [0.5, 0.6) is 0 Å². The van der Waals surface area contributed by atoms with E-state index in [1.807, 2.05) is 17.4 Å². The van der Waals surface area contributed by atoms with Gasteiger partial charge in [0.1, 0.15) is 0 Å². The highest BCUT2D eigenvalue weighted by Gasteiger charge is 2.46. The number of hydrogen-bond acceptors (Lipinski definition) is 4. The van der Waals surface area contributed by atoms with Crippen molar-refractivity contribution in [2.75, 3.05) is 32.9 Å². The predicted octanol–water partition coefficient (Wildman–Crippen LogP) is 3.32. The van der Waals surface area contributed by atoms with Crippen molar-refractivity contribution in [3.63, 3.8) is 0 Å². The first kappa shape index (κ1) is 15.2. The highest BCUT2D eigenvalue weighted by Crippen LogP contribution is 2.41. The Labute approximate surface area is 131 Å². The van der Waals surface area contributed by atoms with Crippen LogP contribution >= 0.6 is 11.3 Å². The lowest BCUT2D eigenvalue weighted by molar-refractivity contribution is -0.142. The molecule has 4 heteroatoms. The third-order valence-corrected chi connectivity index (χ3v) is 5.56. The second-order valence-electron chi connectivity index (χ2n) is 6.12. The van der Waals surface area contributed by atoms with Gasteiger partial charge in [0.05, 0.1) is 25.4 Å². The maximum atomic E-state index is 6.28. The van der Waals surface area contributed by atoms with Gasteiger partial charge in [-0.1, -0.05) is 18.6 Å². The van der Waals surface area contributed by atoms with Crippen LogP contribution in [0.3, 0.4) is 0 Å². The largest absolute Gasteiger partial charge is 0.377 e. The normalized spacial score (nSPS) is 30.0. The van der Waals surface area contributed by atoms with Crippen LogP contribution in [0.15, 0.2) is 30.2 Å². The van der Waals surface area contributed by atoms with Crippen molar-refractivity contribution in [1.82, 2.24) is 4.90 Å². The van der Waals surface area contributed by atoms with Crippen LogP contribution in [0.2, 0.25) is 0 Å². The quantitative estimate of drug-likeness (QED) is 0.594. The van der Waals surface area contributed by atoms with Crippen molar-refractivity contribution in [2.45, 2.75) is 31.4 Å². The van der Waals surface area contributed by atoms with Gasteiger partial charge in [0.25, 0.3) is 0 Å². The summed E-state index contributed by atoms with van der Waals surface area (Å²) in [5, 5.41) is 2.16. The topological polar surface area (TPSA) is 21.7 Å². The van der Waals surface area contributed by atoms with Crippen molar-refractivity contribution in [2.24, 2.45) is 5.92 Å². The number of morpholine rings is 1. The van der Waals surface area contributed by atoms with Crippen LogP contribution in [0.4, 0.5) is 0 Å². The molecule has 2 atom stereocenters. The lowest BCUT2D eigenvalue weighted by atomic mass is 9.89. The minimum Gasteiger partial charge on any atom is -0.377 e. The molecule has 2 fully saturated rings. The van der Waals surface area contributed by atoms with Gasteiger partial charge in [-0.3, -0.25) is 4.90 Å². The van der Waals surface area contributed by atoms with Gasteiger partial charge in [0.2, 0.25) is 0 Å². The van der Waals surface area contributed by atoms with E-state index in [9.17, 15) is 0 Å². The molecule has 21 heavy (non-hydrogen) atoms. The van der Waals surface area contributed by atoms with Crippen molar-refractivity contribution >= 4 is 11.3 Å². The molecular formula is C17H25NO2S. The summed E-state index contributed by atoms with van der Waals surface area (Å²) in [7, 11) is 0. The average Bonchev–Trinajstić information content (AvgIpc) is 3.11. The molecule has 0 aromatic carbocycles. The molecular weight excluding hydrogens is 282 g/mol. The Morgan fingerprint density at radius 3 is 3.33 bits per heavy atom. The molecule has 0 N–H and O–H groups in total. The Balaban J connectivity index is 1.61. The lowest BCUT2D eigenvalue weighted by Gasteiger charge is -2.44. The van der Waals surface area contributed by atoms with E-state index in [4.69, 9.17) is 9.47 Å². The fourth-order valence-electron chi connectivity index (χ4n) is 3.68. The third-order valence-electron chi connectivity index (χ3n) is 4.70. The summed E-state index contributed by atoms with van der Waals surface area (Å²) in [5.41, 5.74) is 0.0245. The molecule has 2 aliphatic rings. The number of rotatable bonds is 6. The molecule has 116 valence electrons. The monoisotopic (exact) mass is 307 g/mol. The fourth-order valence-corrected chi connectivity index (χ4v) is 4.43. The van der Waals surface area contributed by atoms with E-state index in [1.54, 1.807) is 0 Å². The van der Waals surface area contributed by atoms with E-state index in [0.717, 1.165) is 32.8 Å². The van der Waals surface area contributed by atoms with Crippen LogP contribution in [0.25, 0.3) is 0 Å². The molecule has 1 aromatic heterocycles. The van der Waals surface area contributed by atoms with Gasteiger partial charge in [-0.25, -0.2) is 0 Å². The number of nitrogens with zero attached hydrogens (tertiary/aromatic N) is 1. The molecule has 1 aromatic rings. The van der Waals surface area contributed by atoms with E-state index in [2.05, 4.69) is 29.0 Å². The molecule has 1 aliphatic heterocycles. The van der Waals surface area contributed by atoms with E-state index in [-0.39, 0.29) is 5.60 Å². The van der Waals surface area contributed by atoms with Gasteiger partial charge in [-0.2, -0.15) is 0 Å². The van der Waals surface area contributed by atoms with Crippen LogP contribution < -0.4 is 0 Å². The fraction of sp³-hybridized carbons (Fsp3) is 0.647. The molecule has 3 rings (SSSR count). The zero-order valence-electron chi connectivity index (χ0n) is 12.6. The summed E-state index contributed by atoms with van der Waals surface area (Å²) in [6.07, 6.45) is 5.49. The highest BCUT2D eigenvalue weighted by atomic mass is 32.1. The molecule has 0 bridgehead atoms. The summed E-state index contributed by atoms with van der Waals surface area (Å²) in [5.74, 6) is 0.531. The lowest BCUT2D eigenvalue weighted by Crippen LogP contribution is -2.54.